The minimum atomic E-state index is 0. The van der Waals surface area contributed by atoms with Gasteiger partial charge in [0.15, 0.2) is 0 Å². The largest absolute Gasteiger partial charge is 0.312 e. The molecule has 1 rings (SSSR count). The molecule has 1 aliphatic heterocycles. The molecule has 80 valence electrons. The lowest BCUT2D eigenvalue weighted by Crippen LogP contribution is -2.52. The van der Waals surface area contributed by atoms with Gasteiger partial charge in [-0.2, -0.15) is 0 Å². The first-order valence-corrected chi connectivity index (χ1v) is 5.56. The smallest absolute Gasteiger partial charge is 0.0177 e. The highest BCUT2D eigenvalue weighted by Gasteiger charge is 2.29. The van der Waals surface area contributed by atoms with Gasteiger partial charge in [-0.1, -0.05) is 6.92 Å². The van der Waals surface area contributed by atoms with Crippen LogP contribution in [0.4, 0.5) is 0 Å². The van der Waals surface area contributed by atoms with Crippen molar-refractivity contribution in [2.75, 3.05) is 19.6 Å². The molecule has 2 heteroatoms. The minimum Gasteiger partial charge on any atom is -0.312 e. The molecule has 13 heavy (non-hydrogen) atoms. The van der Waals surface area contributed by atoms with Gasteiger partial charge in [-0.3, -0.25) is 0 Å². The summed E-state index contributed by atoms with van der Waals surface area (Å²) in [6.45, 7) is 12.7. The van der Waals surface area contributed by atoms with Crippen molar-refractivity contribution < 1.29 is 1.43 Å². The second-order valence-corrected chi connectivity index (χ2v) is 4.72. The van der Waals surface area contributed by atoms with Gasteiger partial charge in [-0.05, 0) is 40.2 Å². The predicted molar refractivity (Wildman–Crippen MR) is 60.1 cm³/mol. The molecule has 0 amide bonds. The van der Waals surface area contributed by atoms with Crippen LogP contribution < -0.4 is 5.32 Å². The molecule has 1 aliphatic rings. The van der Waals surface area contributed by atoms with Gasteiger partial charge in [0.2, 0.25) is 0 Å². The Labute approximate surface area is 84.2 Å². The molecule has 1 N–H and O–H groups in total. The van der Waals surface area contributed by atoms with Crippen molar-refractivity contribution in [2.45, 2.75) is 52.1 Å². The Morgan fingerprint density at radius 1 is 1.38 bits per heavy atom. The zero-order valence-corrected chi connectivity index (χ0v) is 9.56. The van der Waals surface area contributed by atoms with Gasteiger partial charge in [-0.25, -0.2) is 0 Å². The third-order valence-corrected chi connectivity index (χ3v) is 3.24. The van der Waals surface area contributed by atoms with Crippen LogP contribution in [-0.4, -0.2) is 36.1 Å². The highest BCUT2D eigenvalue weighted by Crippen LogP contribution is 2.22. The summed E-state index contributed by atoms with van der Waals surface area (Å²) in [6, 6.07) is 0.714. The van der Waals surface area contributed by atoms with E-state index in [0.717, 1.165) is 6.54 Å². The fourth-order valence-corrected chi connectivity index (χ4v) is 2.14. The van der Waals surface area contributed by atoms with E-state index in [0.29, 0.717) is 11.6 Å². The standard InChI is InChI=1S/C11H24N2.H2/c1-5-12-11(4)6-8-13(9-7-11)10(2)3;/h10,12H,5-9H2,1-4H3;1H. The lowest BCUT2D eigenvalue weighted by Gasteiger charge is -2.41. The molecule has 1 heterocycles. The van der Waals surface area contributed by atoms with E-state index < -0.39 is 0 Å². The second-order valence-electron chi connectivity index (χ2n) is 4.72. The zero-order chi connectivity index (χ0) is 9.90. The van der Waals surface area contributed by atoms with Crippen molar-refractivity contribution in [1.29, 1.82) is 0 Å². The van der Waals surface area contributed by atoms with Crippen LogP contribution in [0.1, 0.15) is 42.0 Å². The van der Waals surface area contributed by atoms with Crippen LogP contribution in [-0.2, 0) is 0 Å². The zero-order valence-electron chi connectivity index (χ0n) is 9.56. The molecular weight excluding hydrogens is 160 g/mol. The van der Waals surface area contributed by atoms with Crippen molar-refractivity contribution in [1.82, 2.24) is 10.2 Å². The molecule has 0 atom stereocenters. The number of piperidine rings is 1. The number of nitrogens with zero attached hydrogens (tertiary/aromatic N) is 1. The topological polar surface area (TPSA) is 15.3 Å². The normalized spacial score (nSPS) is 23.8. The van der Waals surface area contributed by atoms with Crippen molar-refractivity contribution >= 4 is 0 Å². The van der Waals surface area contributed by atoms with Gasteiger partial charge >= 0.3 is 0 Å². The number of hydrogen-bond acceptors (Lipinski definition) is 2. The van der Waals surface area contributed by atoms with Crippen LogP contribution in [0.25, 0.3) is 0 Å². The maximum atomic E-state index is 3.59. The predicted octanol–water partition coefficient (Wildman–Crippen LogP) is 2.10. The molecular formula is C11H26N2. The molecule has 0 spiro atoms. The third-order valence-electron chi connectivity index (χ3n) is 3.24. The highest BCUT2D eigenvalue weighted by atomic mass is 15.2. The minimum absolute atomic E-state index is 0. The van der Waals surface area contributed by atoms with E-state index in [1.807, 2.05) is 0 Å². The molecule has 0 aromatic rings. The molecule has 0 radical (unpaired) electrons. The molecule has 0 aromatic carbocycles. The summed E-state index contributed by atoms with van der Waals surface area (Å²) in [7, 11) is 0. The third kappa shape index (κ3) is 2.96. The van der Waals surface area contributed by atoms with Gasteiger partial charge in [0.1, 0.15) is 0 Å². The number of hydrogen-bond donors (Lipinski definition) is 1. The van der Waals surface area contributed by atoms with E-state index in [4.69, 9.17) is 0 Å². The van der Waals surface area contributed by atoms with Crippen LogP contribution in [0.3, 0.4) is 0 Å². The van der Waals surface area contributed by atoms with Crippen molar-refractivity contribution in [3.8, 4) is 0 Å². The average molecular weight is 186 g/mol. The van der Waals surface area contributed by atoms with E-state index in [2.05, 4.69) is 37.9 Å². The van der Waals surface area contributed by atoms with E-state index in [-0.39, 0.29) is 1.43 Å². The molecule has 1 saturated heterocycles. The Hall–Kier alpha value is -0.0800. The Morgan fingerprint density at radius 3 is 2.31 bits per heavy atom. The lowest BCUT2D eigenvalue weighted by molar-refractivity contribution is 0.121. The molecule has 0 aliphatic carbocycles. The van der Waals surface area contributed by atoms with Gasteiger partial charge in [0, 0.05) is 26.1 Å². The van der Waals surface area contributed by atoms with E-state index in [9.17, 15) is 0 Å². The maximum absolute atomic E-state index is 3.59. The summed E-state index contributed by atoms with van der Waals surface area (Å²) in [6.07, 6.45) is 2.58. The summed E-state index contributed by atoms with van der Waals surface area (Å²) in [5.41, 5.74) is 0.403. The van der Waals surface area contributed by atoms with Gasteiger partial charge in [-0.15, -0.1) is 0 Å². The molecule has 0 unspecified atom stereocenters. The Kier molecular flexibility index (Phi) is 3.74. The van der Waals surface area contributed by atoms with Crippen LogP contribution in [0.15, 0.2) is 0 Å². The van der Waals surface area contributed by atoms with Crippen LogP contribution in [0, 0.1) is 0 Å². The highest BCUT2D eigenvalue weighted by molar-refractivity contribution is 4.89. The van der Waals surface area contributed by atoms with Crippen molar-refractivity contribution in [3.63, 3.8) is 0 Å². The van der Waals surface area contributed by atoms with E-state index >= 15 is 0 Å². The molecule has 0 aromatic heterocycles. The van der Waals surface area contributed by atoms with Gasteiger partial charge in [0.25, 0.3) is 0 Å². The molecule has 0 bridgehead atoms. The number of rotatable bonds is 3. The van der Waals surface area contributed by atoms with Crippen molar-refractivity contribution in [2.24, 2.45) is 0 Å². The van der Waals surface area contributed by atoms with E-state index in [1.54, 1.807) is 0 Å². The monoisotopic (exact) mass is 186 g/mol. The van der Waals surface area contributed by atoms with E-state index in [1.165, 1.54) is 25.9 Å². The first kappa shape index (κ1) is 11.0. The first-order chi connectivity index (χ1) is 6.07. The molecule has 1 fully saturated rings. The SMILES string of the molecule is CCNC1(C)CCN(C(C)C)CC1.[HH]. The fourth-order valence-electron chi connectivity index (χ4n) is 2.14. The molecule has 2 nitrogen and oxygen atoms in total. The lowest BCUT2D eigenvalue weighted by atomic mass is 9.89. The average Bonchev–Trinajstić information content (AvgIpc) is 2.05. The Balaban J connectivity index is 0.00000169. The molecule has 0 saturated carbocycles. The van der Waals surface area contributed by atoms with Crippen molar-refractivity contribution in [3.05, 3.63) is 0 Å². The van der Waals surface area contributed by atoms with Gasteiger partial charge < -0.3 is 10.2 Å². The van der Waals surface area contributed by atoms with Crippen LogP contribution in [0.2, 0.25) is 0 Å². The second kappa shape index (κ2) is 4.43. The first-order valence-electron chi connectivity index (χ1n) is 5.56. The summed E-state index contributed by atoms with van der Waals surface area (Å²) in [5, 5.41) is 3.59. The Morgan fingerprint density at radius 2 is 1.92 bits per heavy atom. The van der Waals surface area contributed by atoms with Crippen LogP contribution in [0.5, 0.6) is 0 Å². The van der Waals surface area contributed by atoms with Crippen LogP contribution >= 0.6 is 0 Å². The summed E-state index contributed by atoms with van der Waals surface area (Å²) in [5.74, 6) is 0. The quantitative estimate of drug-likeness (QED) is 0.726. The summed E-state index contributed by atoms with van der Waals surface area (Å²) < 4.78 is 0. The summed E-state index contributed by atoms with van der Waals surface area (Å²) >= 11 is 0. The maximum Gasteiger partial charge on any atom is 0.0177 e. The Bertz CT molecular complexity index is 151. The number of likely N-dealkylation sites (tertiary alicyclic amines) is 1. The van der Waals surface area contributed by atoms with Gasteiger partial charge in [0.05, 0.1) is 0 Å². The summed E-state index contributed by atoms with van der Waals surface area (Å²) in [4.78, 5) is 2.57. The fraction of sp³-hybridized carbons (Fsp3) is 1.00. The number of nitrogens with one attached hydrogen (secondary N) is 1.